The molecule has 0 saturated heterocycles. The van der Waals surface area contributed by atoms with Gasteiger partial charge in [-0.05, 0) is 56.4 Å². The molecule has 2 bridgehead atoms. The SMILES string of the molecule is CN(CC1CC2CCC1C2)S(=O)(=O)CCCCN. The number of sulfonamides is 1. The fraction of sp³-hybridized carbons (Fsp3) is 1.00. The van der Waals surface area contributed by atoms with Gasteiger partial charge in [-0.1, -0.05) is 6.42 Å². The predicted molar refractivity (Wildman–Crippen MR) is 73.6 cm³/mol. The summed E-state index contributed by atoms with van der Waals surface area (Å²) in [6.45, 7) is 1.30. The number of fused-ring (bicyclic) bond motifs is 2. The molecule has 0 aromatic carbocycles. The van der Waals surface area contributed by atoms with Crippen molar-refractivity contribution in [1.82, 2.24) is 4.31 Å². The third-order valence-corrected chi connectivity index (χ3v) is 6.61. The highest BCUT2D eigenvalue weighted by atomic mass is 32.2. The molecule has 0 spiro atoms. The molecule has 18 heavy (non-hydrogen) atoms. The fourth-order valence-corrected chi connectivity index (χ4v) is 4.93. The first-order valence-electron chi connectivity index (χ1n) is 7.17. The Hall–Kier alpha value is -0.130. The van der Waals surface area contributed by atoms with Gasteiger partial charge in [0.1, 0.15) is 0 Å². The van der Waals surface area contributed by atoms with Crippen molar-refractivity contribution in [2.24, 2.45) is 23.5 Å². The molecule has 0 aromatic heterocycles. The number of unbranched alkanes of at least 4 members (excludes halogenated alkanes) is 1. The Kier molecular flexibility index (Phi) is 4.67. The molecule has 2 aliphatic rings. The maximum Gasteiger partial charge on any atom is 0.213 e. The van der Waals surface area contributed by atoms with Crippen molar-refractivity contribution in [3.63, 3.8) is 0 Å². The summed E-state index contributed by atoms with van der Waals surface area (Å²) in [7, 11) is -1.32. The van der Waals surface area contributed by atoms with Crippen LogP contribution in [0.1, 0.15) is 38.5 Å². The quantitative estimate of drug-likeness (QED) is 0.714. The molecule has 106 valence electrons. The van der Waals surface area contributed by atoms with Crippen LogP contribution < -0.4 is 5.73 Å². The molecule has 2 aliphatic carbocycles. The van der Waals surface area contributed by atoms with Gasteiger partial charge in [0.25, 0.3) is 0 Å². The van der Waals surface area contributed by atoms with Gasteiger partial charge in [-0.2, -0.15) is 0 Å². The van der Waals surface area contributed by atoms with Gasteiger partial charge in [0.15, 0.2) is 0 Å². The molecule has 3 unspecified atom stereocenters. The highest BCUT2D eigenvalue weighted by Gasteiger charge is 2.40. The summed E-state index contributed by atoms with van der Waals surface area (Å²) in [6, 6.07) is 0. The van der Waals surface area contributed by atoms with Gasteiger partial charge in [-0.25, -0.2) is 12.7 Å². The lowest BCUT2D eigenvalue weighted by molar-refractivity contribution is 0.280. The summed E-state index contributed by atoms with van der Waals surface area (Å²) in [5, 5.41) is 0. The first kappa shape index (κ1) is 14.3. The van der Waals surface area contributed by atoms with E-state index in [-0.39, 0.29) is 5.75 Å². The maximum atomic E-state index is 12.1. The van der Waals surface area contributed by atoms with Gasteiger partial charge in [-0.15, -0.1) is 0 Å². The van der Waals surface area contributed by atoms with Gasteiger partial charge in [0.05, 0.1) is 5.75 Å². The predicted octanol–water partition coefficient (Wildman–Crippen LogP) is 1.42. The van der Waals surface area contributed by atoms with Crippen LogP contribution in [0, 0.1) is 17.8 Å². The monoisotopic (exact) mass is 274 g/mol. The highest BCUT2D eigenvalue weighted by molar-refractivity contribution is 7.89. The van der Waals surface area contributed by atoms with E-state index in [1.54, 1.807) is 11.4 Å². The Labute approximate surface area is 111 Å². The Morgan fingerprint density at radius 1 is 1.22 bits per heavy atom. The number of hydrogen-bond donors (Lipinski definition) is 1. The standard InChI is InChI=1S/C13H26N2O2S/c1-15(18(16,17)7-3-2-6-14)10-13-9-11-4-5-12(13)8-11/h11-13H,2-10,14H2,1H3. The van der Waals surface area contributed by atoms with Crippen molar-refractivity contribution < 1.29 is 8.42 Å². The Morgan fingerprint density at radius 2 is 2.00 bits per heavy atom. The summed E-state index contributed by atoms with van der Waals surface area (Å²) in [6.07, 6.45) is 6.74. The number of hydrogen-bond acceptors (Lipinski definition) is 3. The van der Waals surface area contributed by atoms with E-state index in [0.717, 1.165) is 24.8 Å². The molecule has 0 heterocycles. The molecule has 0 radical (unpaired) electrons. The zero-order chi connectivity index (χ0) is 13.2. The highest BCUT2D eigenvalue weighted by Crippen LogP contribution is 2.48. The van der Waals surface area contributed by atoms with Crippen LogP contribution in [0.4, 0.5) is 0 Å². The second-order valence-electron chi connectivity index (χ2n) is 6.03. The van der Waals surface area contributed by atoms with E-state index in [2.05, 4.69) is 0 Å². The van der Waals surface area contributed by atoms with Crippen molar-refractivity contribution in [1.29, 1.82) is 0 Å². The number of nitrogens with two attached hydrogens (primary N) is 1. The van der Waals surface area contributed by atoms with E-state index >= 15 is 0 Å². The zero-order valence-corrected chi connectivity index (χ0v) is 12.2. The van der Waals surface area contributed by atoms with Crippen molar-refractivity contribution in [2.45, 2.75) is 38.5 Å². The van der Waals surface area contributed by atoms with E-state index in [4.69, 9.17) is 5.73 Å². The van der Waals surface area contributed by atoms with Crippen molar-refractivity contribution in [3.05, 3.63) is 0 Å². The molecule has 3 atom stereocenters. The largest absolute Gasteiger partial charge is 0.330 e. The molecule has 0 amide bonds. The van der Waals surface area contributed by atoms with E-state index in [9.17, 15) is 8.42 Å². The summed E-state index contributed by atoms with van der Waals surface area (Å²) in [5.41, 5.74) is 5.40. The normalized spacial score (nSPS) is 31.4. The first-order valence-corrected chi connectivity index (χ1v) is 8.78. The van der Waals surface area contributed by atoms with Crippen molar-refractivity contribution in [2.75, 3.05) is 25.9 Å². The van der Waals surface area contributed by atoms with E-state index in [0.29, 0.717) is 18.9 Å². The summed E-state index contributed by atoms with van der Waals surface area (Å²) < 4.78 is 25.8. The third-order valence-electron chi connectivity index (χ3n) is 4.71. The van der Waals surface area contributed by atoms with Gasteiger partial charge >= 0.3 is 0 Å². The third kappa shape index (κ3) is 3.25. The van der Waals surface area contributed by atoms with Crippen LogP contribution in [0.15, 0.2) is 0 Å². The van der Waals surface area contributed by atoms with Crippen LogP contribution >= 0.6 is 0 Å². The fourth-order valence-electron chi connectivity index (χ4n) is 3.63. The summed E-state index contributed by atoms with van der Waals surface area (Å²) in [4.78, 5) is 0. The lowest BCUT2D eigenvalue weighted by atomic mass is 9.89. The van der Waals surface area contributed by atoms with E-state index < -0.39 is 10.0 Å². The molecule has 2 rings (SSSR count). The molecular weight excluding hydrogens is 248 g/mol. The minimum atomic E-state index is -3.06. The smallest absolute Gasteiger partial charge is 0.213 e. The van der Waals surface area contributed by atoms with Crippen molar-refractivity contribution in [3.8, 4) is 0 Å². The molecule has 2 fully saturated rings. The molecule has 2 saturated carbocycles. The molecule has 4 nitrogen and oxygen atoms in total. The Morgan fingerprint density at radius 3 is 2.56 bits per heavy atom. The van der Waals surface area contributed by atoms with Crippen LogP contribution in [0.25, 0.3) is 0 Å². The van der Waals surface area contributed by atoms with Crippen molar-refractivity contribution >= 4 is 10.0 Å². The molecule has 0 aliphatic heterocycles. The van der Waals surface area contributed by atoms with E-state index in [1.807, 2.05) is 0 Å². The average molecular weight is 274 g/mol. The van der Waals surface area contributed by atoms with Gasteiger partial charge < -0.3 is 5.73 Å². The minimum absolute atomic E-state index is 0.252. The second kappa shape index (κ2) is 5.88. The van der Waals surface area contributed by atoms with Crippen LogP contribution in [-0.4, -0.2) is 38.6 Å². The van der Waals surface area contributed by atoms with Crippen LogP contribution in [0.3, 0.4) is 0 Å². The topological polar surface area (TPSA) is 63.4 Å². The first-order chi connectivity index (χ1) is 8.53. The summed E-state index contributed by atoms with van der Waals surface area (Å²) in [5.74, 6) is 2.53. The molecule has 2 N–H and O–H groups in total. The molecular formula is C13H26N2O2S. The lowest BCUT2D eigenvalue weighted by Crippen LogP contribution is -2.35. The van der Waals surface area contributed by atoms with Crippen LogP contribution in [0.2, 0.25) is 0 Å². The van der Waals surface area contributed by atoms with Gasteiger partial charge in [0.2, 0.25) is 10.0 Å². The Bertz CT molecular complexity index is 369. The number of nitrogens with zero attached hydrogens (tertiary/aromatic N) is 1. The van der Waals surface area contributed by atoms with Gasteiger partial charge in [0, 0.05) is 13.6 Å². The maximum absolute atomic E-state index is 12.1. The molecule has 5 heteroatoms. The zero-order valence-electron chi connectivity index (χ0n) is 11.3. The lowest BCUT2D eigenvalue weighted by Gasteiger charge is -2.26. The second-order valence-corrected chi connectivity index (χ2v) is 8.22. The van der Waals surface area contributed by atoms with E-state index in [1.165, 1.54) is 25.7 Å². The number of rotatable bonds is 7. The summed E-state index contributed by atoms with van der Waals surface area (Å²) >= 11 is 0. The molecule has 0 aromatic rings. The average Bonchev–Trinajstić information content (AvgIpc) is 2.91. The van der Waals surface area contributed by atoms with Gasteiger partial charge in [-0.3, -0.25) is 0 Å². The van der Waals surface area contributed by atoms with Crippen LogP contribution in [-0.2, 0) is 10.0 Å². The minimum Gasteiger partial charge on any atom is -0.330 e. The Balaban J connectivity index is 1.81. The van der Waals surface area contributed by atoms with Crippen LogP contribution in [0.5, 0.6) is 0 Å².